The van der Waals surface area contributed by atoms with E-state index in [1.165, 1.54) is 19.2 Å². The number of hydrogen-bond acceptors (Lipinski definition) is 6. The summed E-state index contributed by atoms with van der Waals surface area (Å²) in [5.74, 6) is -0.435. The molecule has 7 heteroatoms. The summed E-state index contributed by atoms with van der Waals surface area (Å²) in [6, 6.07) is 6.04. The Morgan fingerprint density at radius 1 is 1.42 bits per heavy atom. The molecule has 1 fully saturated rings. The minimum atomic E-state index is -0.464. The molecule has 0 spiro atoms. The zero-order valence-corrected chi connectivity index (χ0v) is 13.7. The average molecular weight is 334 g/mol. The van der Waals surface area contributed by atoms with E-state index in [0.29, 0.717) is 17.7 Å². The summed E-state index contributed by atoms with van der Waals surface area (Å²) in [7, 11) is 1.33. The number of methoxy groups -OCH3 is 1. The molecule has 1 aromatic carbocycles. The maximum atomic E-state index is 12.1. The lowest BCUT2D eigenvalue weighted by Crippen LogP contribution is -2.43. The van der Waals surface area contributed by atoms with E-state index in [-0.39, 0.29) is 18.3 Å². The molecule has 0 aromatic heterocycles. The first-order valence-corrected chi connectivity index (χ1v) is 7.93. The van der Waals surface area contributed by atoms with Crippen LogP contribution in [0.25, 0.3) is 6.08 Å². The number of non-ortho nitro benzene ring substituents is 1. The molecule has 1 aliphatic heterocycles. The standard InChI is InChI=1S/C17H22N2O5/c1-24-17(21)14(11-18-9-3-2-4-16(18)12-20)10-13-5-7-15(8-6-13)19(22)23/h5-8,10,16,20H,2-4,9,11-12H2,1H3/b14-10-. The smallest absolute Gasteiger partial charge is 0.335 e. The zero-order chi connectivity index (χ0) is 17.5. The molecular formula is C17H22N2O5. The van der Waals surface area contributed by atoms with Crippen LogP contribution in [0.4, 0.5) is 5.69 Å². The topological polar surface area (TPSA) is 92.9 Å². The molecule has 24 heavy (non-hydrogen) atoms. The van der Waals surface area contributed by atoms with Gasteiger partial charge in [0.25, 0.3) is 5.69 Å². The van der Waals surface area contributed by atoms with Crippen LogP contribution in [0.15, 0.2) is 29.8 Å². The monoisotopic (exact) mass is 334 g/mol. The van der Waals surface area contributed by atoms with Crippen molar-refractivity contribution in [1.29, 1.82) is 0 Å². The molecular weight excluding hydrogens is 312 g/mol. The zero-order valence-electron chi connectivity index (χ0n) is 13.7. The fourth-order valence-electron chi connectivity index (χ4n) is 2.89. The number of benzene rings is 1. The molecule has 0 saturated carbocycles. The number of ether oxygens (including phenoxy) is 1. The summed E-state index contributed by atoms with van der Waals surface area (Å²) in [5, 5.41) is 20.2. The second-order valence-electron chi connectivity index (χ2n) is 5.81. The molecule has 0 bridgehead atoms. The SMILES string of the molecule is COC(=O)/C(=C\c1ccc([N+](=O)[O-])cc1)CN1CCCCC1CO. The molecule has 1 saturated heterocycles. The van der Waals surface area contributed by atoms with E-state index in [1.807, 2.05) is 0 Å². The summed E-state index contributed by atoms with van der Waals surface area (Å²) >= 11 is 0. The van der Waals surface area contributed by atoms with Gasteiger partial charge in [-0.2, -0.15) is 0 Å². The Hall–Kier alpha value is -2.25. The van der Waals surface area contributed by atoms with Gasteiger partial charge >= 0.3 is 5.97 Å². The van der Waals surface area contributed by atoms with Crippen molar-refractivity contribution in [3.8, 4) is 0 Å². The van der Waals surface area contributed by atoms with Crippen LogP contribution < -0.4 is 0 Å². The molecule has 1 aliphatic rings. The summed E-state index contributed by atoms with van der Waals surface area (Å²) in [6.07, 6.45) is 4.69. The molecule has 7 nitrogen and oxygen atoms in total. The lowest BCUT2D eigenvalue weighted by molar-refractivity contribution is -0.384. The number of carbonyl (C=O) groups excluding carboxylic acids is 1. The fraction of sp³-hybridized carbons (Fsp3) is 0.471. The number of piperidine rings is 1. The van der Waals surface area contributed by atoms with Gasteiger partial charge in [0.1, 0.15) is 0 Å². The Balaban J connectivity index is 2.20. The minimum absolute atomic E-state index is 0.00291. The first kappa shape index (κ1) is 18.1. The van der Waals surface area contributed by atoms with Crippen LogP contribution in [0, 0.1) is 10.1 Å². The number of nitro benzene ring substituents is 1. The molecule has 1 heterocycles. The van der Waals surface area contributed by atoms with Crippen LogP contribution in [-0.4, -0.2) is 53.7 Å². The van der Waals surface area contributed by atoms with Crippen molar-refractivity contribution < 1.29 is 19.6 Å². The van der Waals surface area contributed by atoms with Gasteiger partial charge in [-0.3, -0.25) is 15.0 Å². The number of hydrogen-bond donors (Lipinski definition) is 1. The van der Waals surface area contributed by atoms with E-state index in [1.54, 1.807) is 18.2 Å². The number of likely N-dealkylation sites (tertiary alicyclic amines) is 1. The van der Waals surface area contributed by atoms with Crippen molar-refractivity contribution in [2.45, 2.75) is 25.3 Å². The first-order valence-electron chi connectivity index (χ1n) is 7.93. The third kappa shape index (κ3) is 4.62. The van der Waals surface area contributed by atoms with Crippen LogP contribution in [-0.2, 0) is 9.53 Å². The maximum Gasteiger partial charge on any atom is 0.335 e. The third-order valence-electron chi connectivity index (χ3n) is 4.23. The molecule has 1 unspecified atom stereocenters. The molecule has 2 rings (SSSR count). The van der Waals surface area contributed by atoms with Crippen LogP contribution in [0.2, 0.25) is 0 Å². The van der Waals surface area contributed by atoms with E-state index >= 15 is 0 Å². The summed E-state index contributed by atoms with van der Waals surface area (Å²) in [5.41, 5.74) is 1.16. The van der Waals surface area contributed by atoms with Gasteiger partial charge in [0, 0.05) is 24.7 Å². The minimum Gasteiger partial charge on any atom is -0.466 e. The number of rotatable bonds is 6. The predicted octanol–water partition coefficient (Wildman–Crippen LogP) is 2.00. The average Bonchev–Trinajstić information content (AvgIpc) is 2.61. The van der Waals surface area contributed by atoms with Gasteiger partial charge in [0.05, 0.1) is 24.2 Å². The summed E-state index contributed by atoms with van der Waals surface area (Å²) in [4.78, 5) is 24.4. The molecule has 130 valence electrons. The number of nitrogens with zero attached hydrogens (tertiary/aromatic N) is 2. The van der Waals surface area contributed by atoms with Gasteiger partial charge in [-0.25, -0.2) is 4.79 Å². The first-order chi connectivity index (χ1) is 11.5. The van der Waals surface area contributed by atoms with Crippen molar-refractivity contribution in [3.63, 3.8) is 0 Å². The van der Waals surface area contributed by atoms with E-state index < -0.39 is 10.9 Å². The quantitative estimate of drug-likeness (QED) is 0.370. The second kappa shape index (κ2) is 8.56. The molecule has 0 radical (unpaired) electrons. The molecule has 0 aliphatic carbocycles. The number of esters is 1. The van der Waals surface area contributed by atoms with E-state index in [2.05, 4.69) is 4.90 Å². The highest BCUT2D eigenvalue weighted by molar-refractivity contribution is 5.94. The van der Waals surface area contributed by atoms with Gasteiger partial charge < -0.3 is 9.84 Å². The number of aliphatic hydroxyl groups is 1. The Kier molecular flexibility index (Phi) is 6.45. The Morgan fingerprint density at radius 3 is 2.71 bits per heavy atom. The fourth-order valence-corrected chi connectivity index (χ4v) is 2.89. The number of aliphatic hydroxyl groups excluding tert-OH is 1. The van der Waals surface area contributed by atoms with Crippen molar-refractivity contribution >= 4 is 17.7 Å². The Bertz CT molecular complexity index is 612. The van der Waals surface area contributed by atoms with E-state index in [4.69, 9.17) is 4.74 Å². The highest BCUT2D eigenvalue weighted by Gasteiger charge is 2.24. The van der Waals surface area contributed by atoms with Crippen LogP contribution in [0.1, 0.15) is 24.8 Å². The van der Waals surface area contributed by atoms with Crippen LogP contribution in [0.5, 0.6) is 0 Å². The molecule has 1 atom stereocenters. The predicted molar refractivity (Wildman–Crippen MR) is 89.4 cm³/mol. The largest absolute Gasteiger partial charge is 0.466 e. The van der Waals surface area contributed by atoms with Gasteiger partial charge in [-0.1, -0.05) is 6.42 Å². The molecule has 1 aromatic rings. The van der Waals surface area contributed by atoms with Gasteiger partial charge in [0.15, 0.2) is 0 Å². The highest BCUT2D eigenvalue weighted by Crippen LogP contribution is 2.20. The van der Waals surface area contributed by atoms with Crippen molar-refractivity contribution in [1.82, 2.24) is 4.90 Å². The lowest BCUT2D eigenvalue weighted by Gasteiger charge is -2.34. The highest BCUT2D eigenvalue weighted by atomic mass is 16.6. The normalized spacial score (nSPS) is 19.1. The van der Waals surface area contributed by atoms with Crippen molar-refractivity contribution in [2.24, 2.45) is 0 Å². The molecule has 1 N–H and O–H groups in total. The number of carbonyl (C=O) groups is 1. The summed E-state index contributed by atoms with van der Waals surface area (Å²) in [6.45, 7) is 1.26. The van der Waals surface area contributed by atoms with E-state index in [9.17, 15) is 20.0 Å². The Labute approximate surface area is 140 Å². The van der Waals surface area contributed by atoms with Gasteiger partial charge in [0.2, 0.25) is 0 Å². The van der Waals surface area contributed by atoms with Gasteiger partial charge in [-0.05, 0) is 43.2 Å². The van der Waals surface area contributed by atoms with Crippen molar-refractivity contribution in [2.75, 3.05) is 26.8 Å². The summed E-state index contributed by atoms with van der Waals surface area (Å²) < 4.78 is 4.85. The molecule has 0 amide bonds. The second-order valence-corrected chi connectivity index (χ2v) is 5.81. The van der Waals surface area contributed by atoms with Crippen molar-refractivity contribution in [3.05, 3.63) is 45.5 Å². The number of nitro groups is 1. The van der Waals surface area contributed by atoms with Crippen LogP contribution in [0.3, 0.4) is 0 Å². The maximum absolute atomic E-state index is 12.1. The van der Waals surface area contributed by atoms with E-state index in [0.717, 1.165) is 25.8 Å². The Morgan fingerprint density at radius 2 is 2.12 bits per heavy atom. The van der Waals surface area contributed by atoms with Gasteiger partial charge in [-0.15, -0.1) is 0 Å². The third-order valence-corrected chi connectivity index (χ3v) is 4.23. The van der Waals surface area contributed by atoms with Crippen LogP contribution >= 0.6 is 0 Å². The lowest BCUT2D eigenvalue weighted by atomic mass is 10.0.